The summed E-state index contributed by atoms with van der Waals surface area (Å²) in [5.41, 5.74) is 6.48. The second kappa shape index (κ2) is 9.82. The Morgan fingerprint density at radius 2 is 2.23 bits per heavy atom. The van der Waals surface area contributed by atoms with Crippen molar-refractivity contribution in [2.45, 2.75) is 31.1 Å². The highest BCUT2D eigenvalue weighted by molar-refractivity contribution is 7.99. The molecule has 1 amide bonds. The molecule has 1 aromatic rings. The standard InChI is InChI=1S/C16H25N3O2S/c17-7-3-11-21-15-5-9-19(10-6-15)16(20)13-22-12-14-4-1-2-8-18-14/h1-2,4,8,15H,3,5-7,9-13,17H2. The van der Waals surface area contributed by atoms with Crippen molar-refractivity contribution in [3.05, 3.63) is 30.1 Å². The first-order valence-electron chi connectivity index (χ1n) is 7.86. The van der Waals surface area contributed by atoms with Crippen LogP contribution in [0.2, 0.25) is 0 Å². The van der Waals surface area contributed by atoms with Gasteiger partial charge in [-0.05, 0) is 37.9 Å². The predicted molar refractivity (Wildman–Crippen MR) is 89.6 cm³/mol. The van der Waals surface area contributed by atoms with Gasteiger partial charge in [0, 0.05) is 31.6 Å². The van der Waals surface area contributed by atoms with Crippen molar-refractivity contribution >= 4 is 17.7 Å². The van der Waals surface area contributed by atoms with Gasteiger partial charge >= 0.3 is 0 Å². The summed E-state index contributed by atoms with van der Waals surface area (Å²) in [6.07, 6.45) is 4.84. The third-order valence-corrected chi connectivity index (χ3v) is 4.65. The summed E-state index contributed by atoms with van der Waals surface area (Å²) in [4.78, 5) is 18.4. The van der Waals surface area contributed by atoms with Crippen LogP contribution < -0.4 is 5.73 Å². The molecule has 2 rings (SSSR count). The summed E-state index contributed by atoms with van der Waals surface area (Å²) in [6.45, 7) is 3.01. The van der Waals surface area contributed by atoms with E-state index >= 15 is 0 Å². The van der Waals surface area contributed by atoms with E-state index in [0.29, 0.717) is 12.3 Å². The average molecular weight is 323 g/mol. The lowest BCUT2D eigenvalue weighted by molar-refractivity contribution is -0.130. The summed E-state index contributed by atoms with van der Waals surface area (Å²) >= 11 is 1.63. The summed E-state index contributed by atoms with van der Waals surface area (Å²) in [5, 5.41) is 0. The van der Waals surface area contributed by atoms with E-state index in [4.69, 9.17) is 10.5 Å². The van der Waals surface area contributed by atoms with Gasteiger partial charge in [-0.1, -0.05) is 6.07 Å². The summed E-state index contributed by atoms with van der Waals surface area (Å²) in [5.74, 6) is 1.53. The lowest BCUT2D eigenvalue weighted by Gasteiger charge is -2.32. The van der Waals surface area contributed by atoms with Gasteiger partial charge in [-0.2, -0.15) is 0 Å². The number of nitrogens with zero attached hydrogens (tertiary/aromatic N) is 2. The fourth-order valence-corrected chi connectivity index (χ4v) is 3.26. The first kappa shape index (κ1) is 17.2. The molecule has 1 aliphatic rings. The second-order valence-corrected chi connectivity index (χ2v) is 6.39. The lowest BCUT2D eigenvalue weighted by Crippen LogP contribution is -2.41. The Balaban J connectivity index is 1.61. The molecule has 1 fully saturated rings. The maximum absolute atomic E-state index is 12.2. The molecule has 0 atom stereocenters. The highest BCUT2D eigenvalue weighted by Crippen LogP contribution is 2.16. The van der Waals surface area contributed by atoms with Crippen molar-refractivity contribution in [3.8, 4) is 0 Å². The van der Waals surface area contributed by atoms with Crippen molar-refractivity contribution in [1.29, 1.82) is 0 Å². The third-order valence-electron chi connectivity index (χ3n) is 3.70. The van der Waals surface area contributed by atoms with Crippen LogP contribution in [0.3, 0.4) is 0 Å². The molecule has 22 heavy (non-hydrogen) atoms. The molecule has 1 aromatic heterocycles. The van der Waals surface area contributed by atoms with Gasteiger partial charge in [0.25, 0.3) is 0 Å². The second-order valence-electron chi connectivity index (χ2n) is 5.41. The molecule has 5 nitrogen and oxygen atoms in total. The summed E-state index contributed by atoms with van der Waals surface area (Å²) < 4.78 is 5.76. The van der Waals surface area contributed by atoms with Gasteiger partial charge in [-0.3, -0.25) is 9.78 Å². The fourth-order valence-electron chi connectivity index (χ4n) is 2.42. The maximum atomic E-state index is 12.2. The monoisotopic (exact) mass is 323 g/mol. The average Bonchev–Trinajstić information content (AvgIpc) is 2.56. The first-order valence-corrected chi connectivity index (χ1v) is 9.02. The highest BCUT2D eigenvalue weighted by atomic mass is 32.2. The van der Waals surface area contributed by atoms with E-state index in [1.165, 1.54) is 0 Å². The number of rotatable bonds is 8. The normalized spacial score (nSPS) is 16.0. The van der Waals surface area contributed by atoms with Gasteiger partial charge in [0.1, 0.15) is 0 Å². The van der Waals surface area contributed by atoms with Crippen molar-refractivity contribution in [2.75, 3.05) is 32.0 Å². The molecular weight excluding hydrogens is 298 g/mol. The van der Waals surface area contributed by atoms with Crippen LogP contribution in [0.25, 0.3) is 0 Å². The topological polar surface area (TPSA) is 68.5 Å². The SMILES string of the molecule is NCCCOC1CCN(C(=O)CSCc2ccccn2)CC1. The van der Waals surface area contributed by atoms with E-state index in [1.54, 1.807) is 18.0 Å². The highest BCUT2D eigenvalue weighted by Gasteiger charge is 2.22. The molecule has 122 valence electrons. The van der Waals surface area contributed by atoms with Gasteiger partial charge in [0.05, 0.1) is 17.6 Å². The quantitative estimate of drug-likeness (QED) is 0.737. The number of likely N-dealkylation sites (tertiary alicyclic amines) is 1. The summed E-state index contributed by atoms with van der Waals surface area (Å²) in [7, 11) is 0. The Hall–Kier alpha value is -1.11. The Bertz CT molecular complexity index is 436. The fraction of sp³-hybridized carbons (Fsp3) is 0.625. The first-order chi connectivity index (χ1) is 10.8. The Labute approximate surface area is 136 Å². The molecule has 0 aromatic carbocycles. The van der Waals surface area contributed by atoms with Gasteiger partial charge in [-0.15, -0.1) is 11.8 Å². The molecule has 0 unspecified atom stereocenters. The van der Waals surface area contributed by atoms with E-state index in [0.717, 1.165) is 50.4 Å². The maximum Gasteiger partial charge on any atom is 0.232 e. The van der Waals surface area contributed by atoms with Crippen molar-refractivity contribution in [2.24, 2.45) is 5.73 Å². The number of carbonyl (C=O) groups is 1. The van der Waals surface area contributed by atoms with Crippen molar-refractivity contribution < 1.29 is 9.53 Å². The Kier molecular flexibility index (Phi) is 7.70. The van der Waals surface area contributed by atoms with Gasteiger partial charge in [0.2, 0.25) is 5.91 Å². The van der Waals surface area contributed by atoms with E-state index in [2.05, 4.69) is 4.98 Å². The molecule has 0 saturated carbocycles. The molecule has 0 radical (unpaired) electrons. The molecule has 0 bridgehead atoms. The predicted octanol–water partition coefficient (Wildman–Crippen LogP) is 1.67. The van der Waals surface area contributed by atoms with Gasteiger partial charge in [-0.25, -0.2) is 0 Å². The smallest absolute Gasteiger partial charge is 0.232 e. The number of aromatic nitrogens is 1. The van der Waals surface area contributed by atoms with Crippen LogP contribution >= 0.6 is 11.8 Å². The van der Waals surface area contributed by atoms with E-state index in [1.807, 2.05) is 23.1 Å². The van der Waals surface area contributed by atoms with E-state index in [-0.39, 0.29) is 12.0 Å². The van der Waals surface area contributed by atoms with Crippen LogP contribution in [-0.4, -0.2) is 53.9 Å². The lowest BCUT2D eigenvalue weighted by atomic mass is 10.1. The molecule has 6 heteroatoms. The Morgan fingerprint density at radius 1 is 1.41 bits per heavy atom. The van der Waals surface area contributed by atoms with Crippen LogP contribution in [0.15, 0.2) is 24.4 Å². The zero-order valence-electron chi connectivity index (χ0n) is 12.9. The number of pyridine rings is 1. The van der Waals surface area contributed by atoms with E-state index < -0.39 is 0 Å². The number of ether oxygens (including phenoxy) is 1. The summed E-state index contributed by atoms with van der Waals surface area (Å²) in [6, 6.07) is 5.86. The number of carbonyl (C=O) groups excluding carboxylic acids is 1. The van der Waals surface area contributed by atoms with Crippen LogP contribution in [0.5, 0.6) is 0 Å². The number of amides is 1. The number of hydrogen-bond acceptors (Lipinski definition) is 5. The minimum atomic E-state index is 0.223. The van der Waals surface area contributed by atoms with E-state index in [9.17, 15) is 4.79 Å². The molecule has 2 heterocycles. The van der Waals surface area contributed by atoms with Crippen molar-refractivity contribution in [3.63, 3.8) is 0 Å². The number of hydrogen-bond donors (Lipinski definition) is 1. The molecule has 1 aliphatic heterocycles. The number of piperidine rings is 1. The van der Waals surface area contributed by atoms with Crippen LogP contribution in [0, 0.1) is 0 Å². The molecule has 0 aliphatic carbocycles. The van der Waals surface area contributed by atoms with Crippen LogP contribution in [0.1, 0.15) is 25.0 Å². The molecule has 0 spiro atoms. The van der Waals surface area contributed by atoms with Crippen LogP contribution in [0.4, 0.5) is 0 Å². The molecule has 2 N–H and O–H groups in total. The van der Waals surface area contributed by atoms with Gasteiger partial charge in [0.15, 0.2) is 0 Å². The molecular formula is C16H25N3O2S. The number of thioether (sulfide) groups is 1. The molecule has 1 saturated heterocycles. The Morgan fingerprint density at radius 3 is 2.91 bits per heavy atom. The van der Waals surface area contributed by atoms with Crippen molar-refractivity contribution in [1.82, 2.24) is 9.88 Å². The van der Waals surface area contributed by atoms with Crippen LogP contribution in [-0.2, 0) is 15.3 Å². The third kappa shape index (κ3) is 5.94. The minimum absolute atomic E-state index is 0.223. The minimum Gasteiger partial charge on any atom is -0.378 e. The van der Waals surface area contributed by atoms with Gasteiger partial charge < -0.3 is 15.4 Å². The largest absolute Gasteiger partial charge is 0.378 e. The zero-order valence-corrected chi connectivity index (χ0v) is 13.8. The zero-order chi connectivity index (χ0) is 15.6. The number of nitrogens with two attached hydrogens (primary N) is 1.